The van der Waals surface area contributed by atoms with Gasteiger partial charge in [0, 0.05) is 24.9 Å². The summed E-state index contributed by atoms with van der Waals surface area (Å²) in [5.74, 6) is 2.45. The largest absolute Gasteiger partial charge is 0.260 e. The topological polar surface area (TPSA) is 49.4 Å². The fraction of sp³-hybridized carbons (Fsp3) is 0.500. The van der Waals surface area contributed by atoms with E-state index in [1.54, 1.807) is 0 Å². The molecule has 0 N–H and O–H groups in total. The summed E-state index contributed by atoms with van der Waals surface area (Å²) >= 11 is 0. The number of aliphatic imine (C=N–C) groups is 4. The van der Waals surface area contributed by atoms with E-state index < -0.39 is 10.8 Å². The first kappa shape index (κ1) is 48.2. The molecule has 4 nitrogen and oxygen atoms in total. The fourth-order valence-corrected chi connectivity index (χ4v) is 8.06. The van der Waals surface area contributed by atoms with Gasteiger partial charge in [-0.05, 0) is 106 Å². The summed E-state index contributed by atoms with van der Waals surface area (Å²) in [4.78, 5) is 22.3. The number of para-hydroxylation sites is 4. The molecule has 4 aromatic rings. The van der Waals surface area contributed by atoms with Crippen LogP contribution in [0.5, 0.6) is 0 Å². The molecule has 0 aliphatic rings. The third-order valence-electron chi connectivity index (χ3n) is 12.4. The van der Waals surface area contributed by atoms with Crippen molar-refractivity contribution in [2.45, 2.75) is 172 Å². The molecular weight excluding hydrogens is 729 g/mol. The van der Waals surface area contributed by atoms with Crippen LogP contribution in [0.15, 0.2) is 92.8 Å². The lowest BCUT2D eigenvalue weighted by atomic mass is 9.67. The molecule has 0 saturated heterocycles. The number of benzene rings is 4. The quantitative estimate of drug-likeness (QED) is 0.0955. The van der Waals surface area contributed by atoms with Crippen LogP contribution in [-0.2, 0) is 0 Å². The molecule has 4 heteroatoms. The van der Waals surface area contributed by atoms with Crippen LogP contribution >= 0.6 is 0 Å². The van der Waals surface area contributed by atoms with E-state index in [1.165, 1.54) is 44.5 Å². The molecule has 0 saturated carbocycles. The minimum absolute atomic E-state index is 0.306. The fourth-order valence-electron chi connectivity index (χ4n) is 8.06. The Hall–Kier alpha value is -4.44. The summed E-state index contributed by atoms with van der Waals surface area (Å²) in [5.41, 5.74) is 12.5. The molecule has 0 spiro atoms. The first-order valence-corrected chi connectivity index (χ1v) is 22.9. The van der Waals surface area contributed by atoms with E-state index in [-0.39, 0.29) is 0 Å². The molecule has 0 heterocycles. The second kappa shape index (κ2) is 20.4. The molecule has 0 aliphatic heterocycles. The highest BCUT2D eigenvalue weighted by Gasteiger charge is 2.42. The molecule has 4 aromatic carbocycles. The summed E-state index contributed by atoms with van der Waals surface area (Å²) in [6.45, 7) is 40.7. The van der Waals surface area contributed by atoms with Gasteiger partial charge in [0.2, 0.25) is 0 Å². The van der Waals surface area contributed by atoms with Gasteiger partial charge in [-0.25, -0.2) is 0 Å². The Labute approximate surface area is 366 Å². The van der Waals surface area contributed by atoms with Crippen LogP contribution in [0.2, 0.25) is 0 Å². The Balaban J connectivity index is 2.21. The molecule has 0 atom stereocenters. The van der Waals surface area contributed by atoms with E-state index >= 15 is 0 Å². The maximum absolute atomic E-state index is 5.57. The summed E-state index contributed by atoms with van der Waals surface area (Å²) < 4.78 is 0. The predicted molar refractivity (Wildman–Crippen MR) is 267 cm³/mol. The van der Waals surface area contributed by atoms with Gasteiger partial charge in [0.15, 0.2) is 0 Å². The Morgan fingerprint density at radius 3 is 0.533 bits per heavy atom. The van der Waals surface area contributed by atoms with Crippen LogP contribution in [-0.4, -0.2) is 24.9 Å². The number of nitrogens with zero attached hydrogens (tertiary/aromatic N) is 4. The molecule has 4 rings (SSSR count). The molecule has 60 heavy (non-hydrogen) atoms. The highest BCUT2D eigenvalue weighted by atomic mass is 14.8. The average molecular weight is 807 g/mol. The second-order valence-electron chi connectivity index (χ2n) is 20.0. The van der Waals surface area contributed by atoms with Crippen molar-refractivity contribution in [3.05, 3.63) is 117 Å². The lowest BCUT2D eigenvalue weighted by Gasteiger charge is -2.36. The van der Waals surface area contributed by atoms with Crippen molar-refractivity contribution in [1.29, 1.82) is 0 Å². The third-order valence-corrected chi connectivity index (χ3v) is 12.4. The molecule has 322 valence electrons. The SMILES string of the molecule is CC(C)c1cccc(C(C)C)c1N=CC(C)(C=Nc1c(C(C)C)cccc1C(C)C)C(C)(C=Nc1c(C(C)C)cccc1C(C)C)C=Nc1c(C(C)C)cccc1C(C)C. The second-order valence-corrected chi connectivity index (χ2v) is 20.0. The minimum Gasteiger partial charge on any atom is -0.260 e. The molecule has 0 fully saturated rings. The average Bonchev–Trinajstić information content (AvgIpc) is 3.19. The van der Waals surface area contributed by atoms with Gasteiger partial charge in [-0.2, -0.15) is 0 Å². The highest BCUT2D eigenvalue weighted by molar-refractivity contribution is 6.06. The van der Waals surface area contributed by atoms with Crippen LogP contribution in [0, 0.1) is 10.8 Å². The van der Waals surface area contributed by atoms with Gasteiger partial charge < -0.3 is 0 Å². The maximum atomic E-state index is 5.57. The standard InChI is InChI=1S/C56H78N4/c1-35(2)43-23-19-24-44(36(3)4)51(43)57-31-55(17,32-58-52-45(37(5)6)25-20-26-46(52)38(7)8)56(18,33-59-53-47(39(9)10)27-21-28-48(53)40(11)12)34-60-54-49(41(13)14)29-22-30-50(54)42(15)16/h19-42H,1-18H3. The molecule has 0 radical (unpaired) electrons. The van der Waals surface area contributed by atoms with E-state index in [1.807, 2.05) is 0 Å². The van der Waals surface area contributed by atoms with Gasteiger partial charge >= 0.3 is 0 Å². The van der Waals surface area contributed by atoms with Gasteiger partial charge in [0.05, 0.1) is 33.6 Å². The van der Waals surface area contributed by atoms with Gasteiger partial charge in [-0.15, -0.1) is 0 Å². The van der Waals surface area contributed by atoms with Crippen LogP contribution in [0.3, 0.4) is 0 Å². The Morgan fingerprint density at radius 1 is 0.283 bits per heavy atom. The van der Waals surface area contributed by atoms with Gasteiger partial charge in [-0.1, -0.05) is 184 Å². The molecule has 0 aromatic heterocycles. The molecule has 0 aliphatic carbocycles. The Bertz CT molecular complexity index is 1760. The Kier molecular flexibility index (Phi) is 16.4. The molecule has 0 bridgehead atoms. The van der Waals surface area contributed by atoms with Crippen molar-refractivity contribution < 1.29 is 0 Å². The van der Waals surface area contributed by atoms with E-state index in [0.717, 1.165) is 22.7 Å². The zero-order valence-electron chi connectivity index (χ0n) is 40.6. The van der Waals surface area contributed by atoms with Crippen molar-refractivity contribution in [1.82, 2.24) is 0 Å². The zero-order valence-corrected chi connectivity index (χ0v) is 40.6. The van der Waals surface area contributed by atoms with Gasteiger partial charge in [-0.3, -0.25) is 20.0 Å². The van der Waals surface area contributed by atoms with Crippen molar-refractivity contribution >= 4 is 47.6 Å². The van der Waals surface area contributed by atoms with Crippen molar-refractivity contribution in [3.63, 3.8) is 0 Å². The monoisotopic (exact) mass is 807 g/mol. The van der Waals surface area contributed by atoms with Crippen molar-refractivity contribution in [2.24, 2.45) is 30.8 Å². The minimum atomic E-state index is -0.799. The molecule has 0 amide bonds. The third kappa shape index (κ3) is 10.9. The van der Waals surface area contributed by atoms with E-state index in [9.17, 15) is 0 Å². The van der Waals surface area contributed by atoms with Crippen molar-refractivity contribution in [2.75, 3.05) is 0 Å². The number of hydrogen-bond acceptors (Lipinski definition) is 4. The summed E-state index contributed by atoms with van der Waals surface area (Å²) in [7, 11) is 0. The van der Waals surface area contributed by atoms with E-state index in [2.05, 4.69) is 222 Å². The summed E-state index contributed by atoms with van der Waals surface area (Å²) in [6, 6.07) is 26.6. The van der Waals surface area contributed by atoms with Crippen LogP contribution in [0.25, 0.3) is 0 Å². The molecular formula is C56H78N4. The van der Waals surface area contributed by atoms with Crippen LogP contribution < -0.4 is 0 Å². The summed E-state index contributed by atoms with van der Waals surface area (Å²) in [6.07, 6.45) is 8.63. The lowest BCUT2D eigenvalue weighted by molar-refractivity contribution is 0.470. The normalized spacial score (nSPS) is 15.0. The van der Waals surface area contributed by atoms with E-state index in [4.69, 9.17) is 20.0 Å². The zero-order chi connectivity index (χ0) is 44.7. The Morgan fingerprint density at radius 2 is 0.417 bits per heavy atom. The number of hydrogen-bond donors (Lipinski definition) is 0. The van der Waals surface area contributed by atoms with Crippen LogP contribution in [0.1, 0.15) is 216 Å². The predicted octanol–water partition coefficient (Wildman–Crippen LogP) is 17.6. The van der Waals surface area contributed by atoms with Gasteiger partial charge in [0.1, 0.15) is 0 Å². The van der Waals surface area contributed by atoms with Gasteiger partial charge in [0.25, 0.3) is 0 Å². The summed E-state index contributed by atoms with van der Waals surface area (Å²) in [5, 5.41) is 0. The molecule has 0 unspecified atom stereocenters. The lowest BCUT2D eigenvalue weighted by Crippen LogP contribution is -2.43. The smallest absolute Gasteiger partial charge is 0.0695 e. The first-order chi connectivity index (χ1) is 28.1. The maximum Gasteiger partial charge on any atom is 0.0695 e. The van der Waals surface area contributed by atoms with E-state index in [0.29, 0.717) is 47.3 Å². The first-order valence-electron chi connectivity index (χ1n) is 22.9. The van der Waals surface area contributed by atoms with Crippen molar-refractivity contribution in [3.8, 4) is 0 Å². The number of rotatable bonds is 17. The highest BCUT2D eigenvalue weighted by Crippen LogP contribution is 2.43. The van der Waals surface area contributed by atoms with Crippen LogP contribution in [0.4, 0.5) is 22.7 Å².